The second kappa shape index (κ2) is 8.64. The number of urea groups is 1. The van der Waals surface area contributed by atoms with Gasteiger partial charge in [-0.2, -0.15) is 0 Å². The maximum Gasteiger partial charge on any atom is 0.315 e. The van der Waals surface area contributed by atoms with E-state index in [0.717, 1.165) is 17.7 Å². The van der Waals surface area contributed by atoms with Gasteiger partial charge in [-0.15, -0.1) is 0 Å². The van der Waals surface area contributed by atoms with Gasteiger partial charge in [0.1, 0.15) is 0 Å². The highest BCUT2D eigenvalue weighted by Crippen LogP contribution is 2.19. The largest absolute Gasteiger partial charge is 0.338 e. The summed E-state index contributed by atoms with van der Waals surface area (Å²) in [5, 5.41) is 5.95. The van der Waals surface area contributed by atoms with Crippen LogP contribution in [0.3, 0.4) is 0 Å². The summed E-state index contributed by atoms with van der Waals surface area (Å²) in [6.45, 7) is 0.583. The number of carbonyl (C=O) groups is 1. The molecule has 2 amide bonds. The van der Waals surface area contributed by atoms with Gasteiger partial charge in [-0.25, -0.2) is 4.79 Å². The maximum absolute atomic E-state index is 12.3. The normalized spacial score (nSPS) is 11.5. The average molecular weight is 331 g/mol. The first-order valence-corrected chi connectivity index (χ1v) is 8.37. The molecule has 0 aliphatic heterocycles. The van der Waals surface area contributed by atoms with E-state index in [-0.39, 0.29) is 12.1 Å². The van der Waals surface area contributed by atoms with Crippen molar-refractivity contribution < 1.29 is 4.79 Å². The molecule has 0 aliphatic rings. The highest BCUT2D eigenvalue weighted by molar-refractivity contribution is 5.74. The summed E-state index contributed by atoms with van der Waals surface area (Å²) >= 11 is 0. The Bertz CT molecular complexity index is 737. The van der Waals surface area contributed by atoms with Crippen LogP contribution in [0.1, 0.15) is 22.9 Å². The Morgan fingerprint density at radius 2 is 1.56 bits per heavy atom. The van der Waals surface area contributed by atoms with E-state index >= 15 is 0 Å². The molecular weight excluding hydrogens is 310 g/mol. The van der Waals surface area contributed by atoms with Gasteiger partial charge in [0.25, 0.3) is 0 Å². The highest BCUT2D eigenvalue weighted by atomic mass is 16.2. The summed E-state index contributed by atoms with van der Waals surface area (Å²) in [7, 11) is 0. The lowest BCUT2D eigenvalue weighted by atomic mass is 10.0. The van der Waals surface area contributed by atoms with Crippen LogP contribution in [0.15, 0.2) is 85.1 Å². The van der Waals surface area contributed by atoms with Crippen molar-refractivity contribution in [2.24, 2.45) is 0 Å². The number of aromatic nitrogens is 1. The Labute approximate surface area is 147 Å². The molecular formula is C21H21N3O. The summed E-state index contributed by atoms with van der Waals surface area (Å²) in [6, 6.07) is 25.2. The van der Waals surface area contributed by atoms with Crippen LogP contribution in [-0.2, 0) is 6.42 Å². The van der Waals surface area contributed by atoms with E-state index in [0.29, 0.717) is 6.54 Å². The third-order valence-electron chi connectivity index (χ3n) is 3.93. The van der Waals surface area contributed by atoms with Crippen LogP contribution in [-0.4, -0.2) is 17.6 Å². The van der Waals surface area contributed by atoms with Crippen molar-refractivity contribution in [3.63, 3.8) is 0 Å². The van der Waals surface area contributed by atoms with E-state index in [1.165, 1.54) is 5.56 Å². The zero-order chi connectivity index (χ0) is 17.3. The number of hydrogen-bond donors (Lipinski definition) is 2. The number of carbonyl (C=O) groups excluding carboxylic acids is 1. The third kappa shape index (κ3) is 4.91. The monoisotopic (exact) mass is 331 g/mol. The summed E-state index contributed by atoms with van der Waals surface area (Å²) < 4.78 is 0. The van der Waals surface area contributed by atoms with Crippen molar-refractivity contribution in [2.45, 2.75) is 12.5 Å². The lowest BCUT2D eigenvalue weighted by molar-refractivity contribution is 0.238. The molecule has 0 aliphatic carbocycles. The topological polar surface area (TPSA) is 54.0 Å². The van der Waals surface area contributed by atoms with Crippen LogP contribution < -0.4 is 10.6 Å². The quantitative estimate of drug-likeness (QED) is 0.723. The van der Waals surface area contributed by atoms with Crippen molar-refractivity contribution in [2.75, 3.05) is 6.54 Å². The molecule has 0 radical (unpaired) electrons. The van der Waals surface area contributed by atoms with Crippen molar-refractivity contribution in [1.29, 1.82) is 0 Å². The number of rotatable bonds is 6. The second-order valence-corrected chi connectivity index (χ2v) is 5.73. The first kappa shape index (κ1) is 16.7. The molecule has 4 heteroatoms. The maximum atomic E-state index is 12.3. The molecule has 1 unspecified atom stereocenters. The van der Waals surface area contributed by atoms with Gasteiger partial charge in [-0.05, 0) is 29.7 Å². The fourth-order valence-electron chi connectivity index (χ4n) is 2.67. The van der Waals surface area contributed by atoms with Gasteiger partial charge in [-0.3, -0.25) is 4.98 Å². The Hall–Kier alpha value is -3.14. The molecule has 0 spiro atoms. The lowest BCUT2D eigenvalue weighted by Crippen LogP contribution is -2.39. The van der Waals surface area contributed by atoms with Gasteiger partial charge >= 0.3 is 6.03 Å². The molecule has 3 aromatic rings. The minimum Gasteiger partial charge on any atom is -0.338 e. The summed E-state index contributed by atoms with van der Waals surface area (Å²) in [5.74, 6) is 0. The molecule has 2 aromatic carbocycles. The molecule has 126 valence electrons. The SMILES string of the molecule is O=C(NCCc1ccccc1)NC(c1ccccc1)c1ccccn1. The van der Waals surface area contributed by atoms with Crippen molar-refractivity contribution in [3.05, 3.63) is 102 Å². The molecule has 0 bridgehead atoms. The first-order valence-electron chi connectivity index (χ1n) is 8.37. The van der Waals surface area contributed by atoms with E-state index < -0.39 is 0 Å². The third-order valence-corrected chi connectivity index (χ3v) is 3.93. The Balaban J connectivity index is 1.63. The smallest absolute Gasteiger partial charge is 0.315 e. The fourth-order valence-corrected chi connectivity index (χ4v) is 2.67. The predicted octanol–water partition coefficient (Wildman–Crippen LogP) is 3.71. The number of nitrogens with zero attached hydrogens (tertiary/aromatic N) is 1. The van der Waals surface area contributed by atoms with Crippen molar-refractivity contribution >= 4 is 6.03 Å². The Morgan fingerprint density at radius 1 is 0.880 bits per heavy atom. The standard InChI is InChI=1S/C21H21N3O/c25-21(23-16-14-17-9-3-1-4-10-17)24-20(18-11-5-2-6-12-18)19-13-7-8-15-22-19/h1-13,15,20H,14,16H2,(H2,23,24,25). The summed E-state index contributed by atoms with van der Waals surface area (Å²) in [6.07, 6.45) is 2.54. The van der Waals surface area contributed by atoms with E-state index in [4.69, 9.17) is 0 Å². The van der Waals surface area contributed by atoms with Crippen LogP contribution >= 0.6 is 0 Å². The molecule has 1 aromatic heterocycles. The summed E-state index contributed by atoms with van der Waals surface area (Å²) in [5.41, 5.74) is 3.01. The zero-order valence-corrected chi connectivity index (χ0v) is 13.9. The molecule has 3 rings (SSSR count). The van der Waals surface area contributed by atoms with Crippen molar-refractivity contribution in [3.8, 4) is 0 Å². The van der Waals surface area contributed by atoms with Gasteiger partial charge in [0, 0.05) is 12.7 Å². The summed E-state index contributed by atoms with van der Waals surface area (Å²) in [4.78, 5) is 16.7. The zero-order valence-electron chi connectivity index (χ0n) is 13.9. The minimum atomic E-state index is -0.279. The van der Waals surface area contributed by atoms with E-state index in [1.54, 1.807) is 6.20 Å². The van der Waals surface area contributed by atoms with Crippen LogP contribution in [0.4, 0.5) is 4.79 Å². The van der Waals surface area contributed by atoms with Gasteiger partial charge in [0.15, 0.2) is 0 Å². The van der Waals surface area contributed by atoms with Crippen LogP contribution in [0.2, 0.25) is 0 Å². The van der Waals surface area contributed by atoms with E-state index in [2.05, 4.69) is 27.8 Å². The van der Waals surface area contributed by atoms with Crippen LogP contribution in [0, 0.1) is 0 Å². The van der Waals surface area contributed by atoms with E-state index in [1.807, 2.05) is 66.7 Å². The fraction of sp³-hybridized carbons (Fsp3) is 0.143. The number of hydrogen-bond acceptors (Lipinski definition) is 2. The van der Waals surface area contributed by atoms with Crippen LogP contribution in [0.25, 0.3) is 0 Å². The second-order valence-electron chi connectivity index (χ2n) is 5.73. The molecule has 0 fully saturated rings. The Morgan fingerprint density at radius 3 is 2.24 bits per heavy atom. The molecule has 1 heterocycles. The molecule has 0 saturated carbocycles. The number of nitrogens with one attached hydrogen (secondary N) is 2. The molecule has 4 nitrogen and oxygen atoms in total. The Kier molecular flexibility index (Phi) is 5.77. The van der Waals surface area contributed by atoms with Gasteiger partial charge in [0.2, 0.25) is 0 Å². The molecule has 1 atom stereocenters. The van der Waals surface area contributed by atoms with Crippen LogP contribution in [0.5, 0.6) is 0 Å². The highest BCUT2D eigenvalue weighted by Gasteiger charge is 2.17. The number of pyridine rings is 1. The average Bonchev–Trinajstić information content (AvgIpc) is 2.68. The van der Waals surface area contributed by atoms with Gasteiger partial charge in [-0.1, -0.05) is 66.7 Å². The predicted molar refractivity (Wildman–Crippen MR) is 99.2 cm³/mol. The van der Waals surface area contributed by atoms with Crippen molar-refractivity contribution in [1.82, 2.24) is 15.6 Å². The van der Waals surface area contributed by atoms with Gasteiger partial charge < -0.3 is 10.6 Å². The van der Waals surface area contributed by atoms with E-state index in [9.17, 15) is 4.79 Å². The molecule has 25 heavy (non-hydrogen) atoms. The molecule has 2 N–H and O–H groups in total. The first-order chi connectivity index (χ1) is 12.3. The number of benzene rings is 2. The van der Waals surface area contributed by atoms with Gasteiger partial charge in [0.05, 0.1) is 11.7 Å². The lowest BCUT2D eigenvalue weighted by Gasteiger charge is -2.19. The number of amides is 2. The minimum absolute atomic E-state index is 0.199. The molecule has 0 saturated heterocycles.